The molecule has 0 radical (unpaired) electrons. The minimum atomic E-state index is 0.818. The molecule has 0 aliphatic rings. The average Bonchev–Trinajstić information content (AvgIpc) is 2.69. The molecule has 0 fully saturated rings. The van der Waals surface area contributed by atoms with Gasteiger partial charge in [0, 0.05) is 18.6 Å². The van der Waals surface area contributed by atoms with Crippen LogP contribution in [0.3, 0.4) is 0 Å². The average molecular weight is 172 g/mol. The molecule has 0 atom stereocenters. The topological polar surface area (TPSA) is 54.5 Å². The second-order valence-corrected chi connectivity index (χ2v) is 2.44. The smallest absolute Gasteiger partial charge is 0.129 e. The Balaban J connectivity index is 2.15. The van der Waals surface area contributed by atoms with Crippen LogP contribution < -0.4 is 0 Å². The minimum absolute atomic E-state index is 0.818. The number of imidazole rings is 1. The summed E-state index contributed by atoms with van der Waals surface area (Å²) < 4.78 is 0. The highest BCUT2D eigenvalue weighted by Crippen LogP contribution is 1.99. The van der Waals surface area contributed by atoms with Crippen LogP contribution in [0, 0.1) is 0 Å². The van der Waals surface area contributed by atoms with Crippen LogP contribution in [0.4, 0.5) is 0 Å². The fraction of sp³-hybridized carbons (Fsp3) is 0. The van der Waals surface area contributed by atoms with Crippen molar-refractivity contribution in [1.82, 2.24) is 19.9 Å². The van der Waals surface area contributed by atoms with Crippen LogP contribution in [-0.4, -0.2) is 19.9 Å². The van der Waals surface area contributed by atoms with E-state index in [1.807, 2.05) is 18.2 Å². The van der Waals surface area contributed by atoms with E-state index in [9.17, 15) is 0 Å². The van der Waals surface area contributed by atoms with Gasteiger partial charge in [-0.3, -0.25) is 0 Å². The van der Waals surface area contributed by atoms with Gasteiger partial charge in [-0.1, -0.05) is 0 Å². The predicted molar refractivity (Wildman–Crippen MR) is 49.5 cm³/mol. The van der Waals surface area contributed by atoms with E-state index in [0.29, 0.717) is 0 Å². The molecule has 0 aromatic carbocycles. The number of rotatable bonds is 2. The van der Waals surface area contributed by atoms with Crippen LogP contribution >= 0.6 is 0 Å². The summed E-state index contributed by atoms with van der Waals surface area (Å²) in [7, 11) is 0. The first-order valence-electron chi connectivity index (χ1n) is 3.88. The van der Waals surface area contributed by atoms with Gasteiger partial charge in [0.05, 0.1) is 5.69 Å². The molecule has 0 bridgehead atoms. The third-order valence-electron chi connectivity index (χ3n) is 1.54. The molecular formula is C9H8N4. The van der Waals surface area contributed by atoms with Crippen molar-refractivity contribution in [3.05, 3.63) is 42.5 Å². The van der Waals surface area contributed by atoms with Gasteiger partial charge < -0.3 is 4.98 Å². The summed E-state index contributed by atoms with van der Waals surface area (Å²) in [5.74, 6) is 0.818. The van der Waals surface area contributed by atoms with Crippen LogP contribution in [-0.2, 0) is 0 Å². The number of hydrogen-bond donors (Lipinski definition) is 1. The lowest BCUT2D eigenvalue weighted by molar-refractivity contribution is 1.15. The maximum absolute atomic E-state index is 4.05. The van der Waals surface area contributed by atoms with E-state index in [4.69, 9.17) is 0 Å². The summed E-state index contributed by atoms with van der Waals surface area (Å²) in [6.07, 6.45) is 10.4. The summed E-state index contributed by atoms with van der Waals surface area (Å²) in [6.45, 7) is 0. The summed E-state index contributed by atoms with van der Waals surface area (Å²) in [5.41, 5.74) is 0.867. The molecule has 1 N–H and O–H groups in total. The second-order valence-electron chi connectivity index (χ2n) is 2.44. The molecule has 64 valence electrons. The molecule has 4 nitrogen and oxygen atoms in total. The van der Waals surface area contributed by atoms with Crippen LogP contribution in [0.1, 0.15) is 11.5 Å². The Kier molecular flexibility index (Phi) is 2.14. The number of H-pyrrole nitrogens is 1. The zero-order valence-electron chi connectivity index (χ0n) is 6.88. The highest BCUT2D eigenvalue weighted by molar-refractivity contribution is 5.64. The molecular weight excluding hydrogens is 164 g/mol. The zero-order valence-corrected chi connectivity index (χ0v) is 6.88. The van der Waals surface area contributed by atoms with E-state index in [1.165, 1.54) is 6.33 Å². The van der Waals surface area contributed by atoms with Crippen molar-refractivity contribution in [2.45, 2.75) is 0 Å². The number of aromatic amines is 1. The summed E-state index contributed by atoms with van der Waals surface area (Å²) in [4.78, 5) is 14.9. The Morgan fingerprint density at radius 3 is 2.85 bits per heavy atom. The Hall–Kier alpha value is -1.97. The molecule has 0 spiro atoms. The maximum atomic E-state index is 4.05. The van der Waals surface area contributed by atoms with E-state index >= 15 is 0 Å². The van der Waals surface area contributed by atoms with Gasteiger partial charge in [-0.15, -0.1) is 0 Å². The fourth-order valence-corrected chi connectivity index (χ4v) is 0.932. The van der Waals surface area contributed by atoms with Gasteiger partial charge in [0.1, 0.15) is 12.2 Å². The molecule has 2 rings (SSSR count). The van der Waals surface area contributed by atoms with E-state index in [2.05, 4.69) is 19.9 Å². The van der Waals surface area contributed by atoms with E-state index < -0.39 is 0 Å². The van der Waals surface area contributed by atoms with Gasteiger partial charge in [0.25, 0.3) is 0 Å². The normalized spacial score (nSPS) is 10.8. The van der Waals surface area contributed by atoms with Crippen molar-refractivity contribution in [1.29, 1.82) is 0 Å². The van der Waals surface area contributed by atoms with Crippen molar-refractivity contribution in [3.8, 4) is 0 Å². The molecule has 13 heavy (non-hydrogen) atoms. The number of hydrogen-bond acceptors (Lipinski definition) is 3. The van der Waals surface area contributed by atoms with Crippen molar-refractivity contribution in [2.75, 3.05) is 0 Å². The highest BCUT2D eigenvalue weighted by atomic mass is 14.9. The Labute approximate surface area is 75.4 Å². The summed E-state index contributed by atoms with van der Waals surface area (Å²) in [6, 6.07) is 1.83. The van der Waals surface area contributed by atoms with Crippen LogP contribution in [0.2, 0.25) is 0 Å². The third-order valence-corrected chi connectivity index (χ3v) is 1.54. The number of nitrogens with zero attached hydrogens (tertiary/aromatic N) is 3. The first kappa shape index (κ1) is 7.67. The Morgan fingerprint density at radius 1 is 1.15 bits per heavy atom. The summed E-state index contributed by atoms with van der Waals surface area (Å²) in [5, 5.41) is 0. The largest absolute Gasteiger partial charge is 0.345 e. The lowest BCUT2D eigenvalue weighted by atomic mass is 10.3. The molecule has 0 unspecified atom stereocenters. The number of aromatic nitrogens is 4. The van der Waals surface area contributed by atoms with Crippen molar-refractivity contribution >= 4 is 12.2 Å². The SMILES string of the molecule is C(=C\c1ncc[nH]1)/c1ccncn1. The molecule has 0 amide bonds. The first-order valence-corrected chi connectivity index (χ1v) is 3.88. The van der Waals surface area contributed by atoms with Gasteiger partial charge in [-0.05, 0) is 18.2 Å². The van der Waals surface area contributed by atoms with Crippen LogP contribution in [0.5, 0.6) is 0 Å². The van der Waals surface area contributed by atoms with E-state index in [0.717, 1.165) is 11.5 Å². The molecule has 2 heterocycles. The first-order chi connectivity index (χ1) is 6.45. The van der Waals surface area contributed by atoms with Crippen molar-refractivity contribution < 1.29 is 0 Å². The van der Waals surface area contributed by atoms with Gasteiger partial charge in [0.2, 0.25) is 0 Å². The van der Waals surface area contributed by atoms with Crippen molar-refractivity contribution in [3.63, 3.8) is 0 Å². The second kappa shape index (κ2) is 3.62. The van der Waals surface area contributed by atoms with E-state index in [-0.39, 0.29) is 0 Å². The van der Waals surface area contributed by atoms with Gasteiger partial charge in [0.15, 0.2) is 0 Å². The predicted octanol–water partition coefficient (Wildman–Crippen LogP) is 1.37. The van der Waals surface area contributed by atoms with Gasteiger partial charge in [-0.2, -0.15) is 0 Å². The molecule has 0 saturated carbocycles. The van der Waals surface area contributed by atoms with Crippen LogP contribution in [0.15, 0.2) is 31.0 Å². The standard InChI is InChI=1S/C9H8N4/c1(2-9-11-5-6-12-9)8-3-4-10-7-13-8/h1-7H,(H,11,12)/b2-1+. The minimum Gasteiger partial charge on any atom is -0.345 e. The molecule has 0 aliphatic heterocycles. The molecule has 0 aliphatic carbocycles. The third kappa shape index (κ3) is 1.99. The number of nitrogens with one attached hydrogen (secondary N) is 1. The lowest BCUT2D eigenvalue weighted by Crippen LogP contribution is -1.80. The van der Waals surface area contributed by atoms with Gasteiger partial charge in [-0.25, -0.2) is 15.0 Å². The van der Waals surface area contributed by atoms with Crippen molar-refractivity contribution in [2.24, 2.45) is 0 Å². The van der Waals surface area contributed by atoms with E-state index in [1.54, 1.807) is 18.6 Å². The molecule has 2 aromatic heterocycles. The maximum Gasteiger partial charge on any atom is 0.129 e. The highest BCUT2D eigenvalue weighted by Gasteiger charge is 1.87. The van der Waals surface area contributed by atoms with Gasteiger partial charge >= 0.3 is 0 Å². The monoisotopic (exact) mass is 172 g/mol. The molecule has 4 heteroatoms. The van der Waals surface area contributed by atoms with Crippen LogP contribution in [0.25, 0.3) is 12.2 Å². The Bertz CT molecular complexity index is 377. The fourth-order valence-electron chi connectivity index (χ4n) is 0.932. The molecule has 0 saturated heterocycles. The Morgan fingerprint density at radius 2 is 2.15 bits per heavy atom. The summed E-state index contributed by atoms with van der Waals surface area (Å²) >= 11 is 0. The lowest BCUT2D eigenvalue weighted by Gasteiger charge is -1.88. The quantitative estimate of drug-likeness (QED) is 0.744. The molecule has 2 aromatic rings. The zero-order chi connectivity index (χ0) is 8.93.